The van der Waals surface area contributed by atoms with E-state index in [9.17, 15) is 0 Å². The topological polar surface area (TPSA) is 49.4 Å². The predicted octanol–water partition coefficient (Wildman–Crippen LogP) is 10.4. The van der Waals surface area contributed by atoms with Gasteiger partial charge in [-0.15, -0.1) is 0 Å². The van der Waals surface area contributed by atoms with Gasteiger partial charge >= 0.3 is 42.1 Å². The SMILES string of the molecule is ClP(Cl)(Cl)=NP1(Cl)=NC(c2ccccc2)=NP(Cl)(Cl)=N1.[Cl][Ga]([Cl])[Cl]. The van der Waals surface area contributed by atoms with E-state index in [-0.39, 0.29) is 5.84 Å². The van der Waals surface area contributed by atoms with Crippen LogP contribution in [0.1, 0.15) is 5.56 Å². The van der Waals surface area contributed by atoms with Gasteiger partial charge in [-0.05, 0) is 67.4 Å². The zero-order valence-corrected chi connectivity index (χ0v) is 22.9. The van der Waals surface area contributed by atoms with Gasteiger partial charge in [0, 0.05) is 5.56 Å². The van der Waals surface area contributed by atoms with Crippen LogP contribution in [0, 0.1) is 0 Å². The molecule has 0 spiro atoms. The van der Waals surface area contributed by atoms with Gasteiger partial charge < -0.3 is 0 Å². The number of amidine groups is 1. The van der Waals surface area contributed by atoms with Crippen LogP contribution >= 0.6 is 114 Å². The minimum atomic E-state index is -3.17. The van der Waals surface area contributed by atoms with Gasteiger partial charge in [-0.25, -0.2) is 0 Å². The Kier molecular flexibility index (Phi) is 10.9. The van der Waals surface area contributed by atoms with Gasteiger partial charge in [-0.2, -0.15) is 18.5 Å². The van der Waals surface area contributed by atoms with Gasteiger partial charge in [0.25, 0.3) is 12.6 Å². The molecule has 0 fully saturated rings. The molecule has 1 aliphatic heterocycles. The molecule has 0 radical (unpaired) electrons. The molecule has 1 heterocycles. The third-order valence-electron chi connectivity index (χ3n) is 1.91. The quantitative estimate of drug-likeness (QED) is 0.232. The van der Waals surface area contributed by atoms with E-state index < -0.39 is 30.9 Å². The Hall–Kier alpha value is 2.83. The van der Waals surface area contributed by atoms with E-state index in [1.54, 1.807) is 12.1 Å². The molecule has 1 atom stereocenters. The van der Waals surface area contributed by atoms with Crippen LogP contribution in [0.5, 0.6) is 0 Å². The third-order valence-corrected chi connectivity index (χ3v) is 11.2. The van der Waals surface area contributed by atoms with Crippen molar-refractivity contribution in [2.24, 2.45) is 18.5 Å². The fourth-order valence-electron chi connectivity index (χ4n) is 1.30. The average molecular weight is 627 g/mol. The van der Waals surface area contributed by atoms with Crippen LogP contribution < -0.4 is 0 Å². The Morgan fingerprint density at radius 2 is 1.46 bits per heavy atom. The van der Waals surface area contributed by atoms with Gasteiger partial charge in [-0.1, -0.05) is 30.3 Å². The summed E-state index contributed by atoms with van der Waals surface area (Å²) in [6.07, 6.45) is 0. The van der Waals surface area contributed by atoms with Gasteiger partial charge in [0.15, 0.2) is 5.84 Å². The van der Waals surface area contributed by atoms with Gasteiger partial charge in [0.05, 0.1) is 0 Å². The van der Waals surface area contributed by atoms with E-state index in [1.807, 2.05) is 18.2 Å². The summed E-state index contributed by atoms with van der Waals surface area (Å²) in [6, 6.07) is 9.05. The molecule has 1 unspecified atom stereocenters. The molecule has 0 aliphatic carbocycles. The number of rotatable bonds is 2. The summed E-state index contributed by atoms with van der Waals surface area (Å²) in [6.45, 7) is -3.17. The zero-order chi connectivity index (χ0) is 18.6. The second kappa shape index (κ2) is 10.6. The number of hydrogen-bond acceptors (Lipinski definition) is 4. The van der Waals surface area contributed by atoms with E-state index in [2.05, 4.69) is 18.5 Å². The van der Waals surface area contributed by atoms with E-state index in [4.69, 9.17) is 96.4 Å². The van der Waals surface area contributed by atoms with Crippen molar-refractivity contribution in [2.75, 3.05) is 0 Å². The molecule has 0 amide bonds. The molecule has 2 rings (SSSR count). The first kappa shape index (κ1) is 24.9. The van der Waals surface area contributed by atoms with Crippen LogP contribution in [-0.2, 0) is 0 Å². The summed E-state index contributed by atoms with van der Waals surface area (Å²) in [5.41, 5.74) is 0.691. The molecule has 0 saturated heterocycles. The molecular formula is C7H5Cl9GaN4P3. The van der Waals surface area contributed by atoms with Crippen LogP contribution in [0.4, 0.5) is 0 Å². The minimum absolute atomic E-state index is 0.268. The predicted molar refractivity (Wildman–Crippen MR) is 119 cm³/mol. The van der Waals surface area contributed by atoms with E-state index >= 15 is 0 Å². The van der Waals surface area contributed by atoms with Gasteiger partial charge in [0.1, 0.15) is 0 Å². The molecule has 0 aromatic heterocycles. The maximum absolute atomic E-state index is 6.25. The van der Waals surface area contributed by atoms with Gasteiger partial charge in [-0.3, -0.25) is 0 Å². The average Bonchev–Trinajstić information content (AvgIpc) is 2.33. The van der Waals surface area contributed by atoms with Crippen molar-refractivity contribution in [3.63, 3.8) is 0 Å². The molecule has 1 aromatic rings. The van der Waals surface area contributed by atoms with Crippen LogP contribution in [-0.4, -0.2) is 19.1 Å². The Morgan fingerprint density at radius 3 is 1.92 bits per heavy atom. The summed E-state index contributed by atoms with van der Waals surface area (Å²) >= 11 is 33.5. The van der Waals surface area contributed by atoms with E-state index in [0.717, 1.165) is 0 Å². The van der Waals surface area contributed by atoms with Crippen molar-refractivity contribution in [3.05, 3.63) is 35.9 Å². The van der Waals surface area contributed by atoms with Crippen molar-refractivity contribution in [3.8, 4) is 0 Å². The summed E-state index contributed by atoms with van der Waals surface area (Å²) < 4.78 is 16.2. The fourth-order valence-corrected chi connectivity index (χ4v) is 13.5. The van der Waals surface area contributed by atoms with Crippen molar-refractivity contribution < 1.29 is 0 Å². The third kappa shape index (κ3) is 10.4. The van der Waals surface area contributed by atoms with Crippen molar-refractivity contribution in [1.29, 1.82) is 0 Å². The fraction of sp³-hybridized carbons (Fsp3) is 0. The summed E-state index contributed by atoms with van der Waals surface area (Å²) in [5, 5.41) is -3.11. The van der Waals surface area contributed by atoms with E-state index in [1.165, 1.54) is 0 Å². The molecular weight excluding hydrogens is 622 g/mol. The van der Waals surface area contributed by atoms with Crippen LogP contribution in [0.2, 0.25) is 0 Å². The number of hydrogen-bond donors (Lipinski definition) is 0. The Morgan fingerprint density at radius 1 is 0.958 bits per heavy atom. The molecule has 17 heteroatoms. The Balaban J connectivity index is 0.000000648. The molecule has 1 aliphatic rings. The molecule has 0 saturated carbocycles. The molecule has 4 nitrogen and oxygen atoms in total. The number of benzene rings is 1. The second-order valence-corrected chi connectivity index (χ2v) is 30.2. The maximum atomic E-state index is 6.25. The molecule has 1 aromatic carbocycles. The van der Waals surface area contributed by atoms with Crippen molar-refractivity contribution >= 4 is 133 Å². The summed E-state index contributed by atoms with van der Waals surface area (Å²) in [4.78, 5) is 0. The monoisotopic (exact) mass is 622 g/mol. The van der Waals surface area contributed by atoms with Gasteiger partial charge in [0.2, 0.25) is 5.11 Å². The van der Waals surface area contributed by atoms with Crippen molar-refractivity contribution in [1.82, 2.24) is 0 Å². The molecule has 0 N–H and O–H groups in total. The first-order valence-electron chi connectivity index (χ1n) is 5.48. The standard InChI is InChI=1S/C7H5Cl6N4P3.3ClH.Ga/c8-18(9,10)16-20(13)15-7(14-19(11,12)17-20)6-4-2-1-3-5-6;;;;/h1-5H;3*1H;/q;;;;+3/p-3. The zero-order valence-electron chi connectivity index (χ0n) is 11.0. The molecule has 0 bridgehead atoms. The first-order valence-corrected chi connectivity index (χ1v) is 25.5. The summed E-state index contributed by atoms with van der Waals surface area (Å²) in [7, 11) is 15.0. The summed E-state index contributed by atoms with van der Waals surface area (Å²) in [5.74, 6) is -2.77. The van der Waals surface area contributed by atoms with Crippen LogP contribution in [0.25, 0.3) is 0 Å². The van der Waals surface area contributed by atoms with Crippen LogP contribution in [0.3, 0.4) is 0 Å². The second-order valence-electron chi connectivity index (χ2n) is 3.69. The van der Waals surface area contributed by atoms with Crippen molar-refractivity contribution in [2.45, 2.75) is 0 Å². The normalized spacial score (nSPS) is 22.1. The Bertz CT molecular complexity index is 760. The Labute approximate surface area is 185 Å². The molecule has 24 heavy (non-hydrogen) atoms. The van der Waals surface area contributed by atoms with E-state index in [0.29, 0.717) is 5.56 Å². The molecule has 134 valence electrons. The van der Waals surface area contributed by atoms with Crippen LogP contribution in [0.15, 0.2) is 48.9 Å². The number of halogens is 9. The first-order chi connectivity index (χ1) is 10.8. The number of nitrogens with zero attached hydrogens (tertiary/aromatic N) is 4.